The van der Waals surface area contributed by atoms with E-state index < -0.39 is 8.07 Å². The minimum atomic E-state index is -2.33. The number of rotatable bonds is 4. The number of benzene rings is 3. The van der Waals surface area contributed by atoms with Crippen molar-refractivity contribution in [2.24, 2.45) is 0 Å². The number of ether oxygens (including phenoxy) is 1. The van der Waals surface area contributed by atoms with Crippen LogP contribution in [0.25, 0.3) is 0 Å². The van der Waals surface area contributed by atoms with E-state index >= 15 is 0 Å². The van der Waals surface area contributed by atoms with E-state index in [2.05, 4.69) is 92.9 Å². The van der Waals surface area contributed by atoms with Gasteiger partial charge in [0.05, 0.1) is 0 Å². The van der Waals surface area contributed by atoms with Crippen molar-refractivity contribution in [3.05, 3.63) is 91.0 Å². The molecule has 0 fully saturated rings. The van der Waals surface area contributed by atoms with E-state index in [-0.39, 0.29) is 5.04 Å². The third kappa shape index (κ3) is 4.15. The van der Waals surface area contributed by atoms with Crippen molar-refractivity contribution in [3.8, 4) is 17.2 Å². The van der Waals surface area contributed by atoms with E-state index in [9.17, 15) is 0 Å². The van der Waals surface area contributed by atoms with Crippen molar-refractivity contribution >= 4 is 18.4 Å². The fourth-order valence-electron chi connectivity index (χ4n) is 3.55. The topological polar surface area (TPSA) is 9.23 Å². The van der Waals surface area contributed by atoms with Gasteiger partial charge in [-0.05, 0) is 27.5 Å². The molecule has 0 bridgehead atoms. The molecule has 3 rings (SSSR count). The van der Waals surface area contributed by atoms with Crippen LogP contribution in [0.2, 0.25) is 5.04 Å². The lowest BCUT2D eigenvalue weighted by molar-refractivity contribution is 0.370. The van der Waals surface area contributed by atoms with Crippen molar-refractivity contribution in [2.75, 3.05) is 6.61 Å². The van der Waals surface area contributed by atoms with Gasteiger partial charge in [-0.2, -0.15) is 0 Å². The first kappa shape index (κ1) is 19.0. The smallest absolute Gasteiger partial charge is 0.204 e. The van der Waals surface area contributed by atoms with Crippen LogP contribution in [-0.2, 0) is 0 Å². The second kappa shape index (κ2) is 8.29. The molecule has 0 N–H and O–H groups in total. The van der Waals surface area contributed by atoms with Crippen LogP contribution in [0.3, 0.4) is 0 Å². The summed E-state index contributed by atoms with van der Waals surface area (Å²) in [5.41, 5.74) is 3.74. The maximum atomic E-state index is 5.83. The van der Waals surface area contributed by atoms with Gasteiger partial charge in [0.2, 0.25) is 8.07 Å². The Bertz CT molecular complexity index is 861. The molecule has 0 saturated carbocycles. The highest BCUT2D eigenvalue weighted by Crippen LogP contribution is 2.35. The summed E-state index contributed by atoms with van der Waals surface area (Å²) in [5.74, 6) is 4.22. The third-order valence-corrected chi connectivity index (χ3v) is 10.1. The Morgan fingerprint density at radius 1 is 0.704 bits per heavy atom. The highest BCUT2D eigenvalue weighted by Gasteiger charge is 2.46. The van der Waals surface area contributed by atoms with Gasteiger partial charge in [-0.15, -0.1) is 5.54 Å². The summed E-state index contributed by atoms with van der Waals surface area (Å²) < 4.78 is 5.83. The third-order valence-electron chi connectivity index (χ3n) is 4.87. The SMILES string of the molecule is CC(C)(C)[Si](C#CCOc1ccccc1)(c1ccccc1)c1ccccc1. The second-order valence-corrected chi connectivity index (χ2v) is 12.0. The van der Waals surface area contributed by atoms with Crippen LogP contribution >= 0.6 is 0 Å². The van der Waals surface area contributed by atoms with Crippen LogP contribution in [0, 0.1) is 11.5 Å². The predicted octanol–water partition coefficient (Wildman–Crippen LogP) is 4.67. The lowest BCUT2D eigenvalue weighted by Gasteiger charge is -2.39. The van der Waals surface area contributed by atoms with E-state index in [0.29, 0.717) is 6.61 Å². The van der Waals surface area contributed by atoms with Gasteiger partial charge in [0.25, 0.3) is 0 Å². The maximum absolute atomic E-state index is 5.83. The number of hydrogen-bond donors (Lipinski definition) is 0. The van der Waals surface area contributed by atoms with Crippen LogP contribution in [0.4, 0.5) is 0 Å². The average Bonchev–Trinajstić information content (AvgIpc) is 2.69. The van der Waals surface area contributed by atoms with Crippen LogP contribution in [0.1, 0.15) is 20.8 Å². The van der Waals surface area contributed by atoms with Gasteiger partial charge < -0.3 is 4.74 Å². The summed E-state index contributed by atoms with van der Waals surface area (Å²) in [5, 5.41) is 2.72. The van der Waals surface area contributed by atoms with Gasteiger partial charge in [-0.1, -0.05) is 106 Å². The molecule has 136 valence electrons. The van der Waals surface area contributed by atoms with Gasteiger partial charge in [-0.25, -0.2) is 0 Å². The van der Waals surface area contributed by atoms with Crippen LogP contribution in [-0.4, -0.2) is 14.7 Å². The molecule has 0 radical (unpaired) electrons. The minimum Gasteiger partial charge on any atom is -0.481 e. The molecule has 0 aliphatic rings. The maximum Gasteiger partial charge on any atom is 0.204 e. The first-order chi connectivity index (χ1) is 13.0. The van der Waals surface area contributed by atoms with Gasteiger partial charge in [0, 0.05) is 0 Å². The molecule has 0 aliphatic heterocycles. The Morgan fingerprint density at radius 2 is 1.15 bits per heavy atom. The summed E-state index contributed by atoms with van der Waals surface area (Å²) in [4.78, 5) is 0. The Balaban J connectivity index is 2.04. The molecule has 0 aliphatic carbocycles. The standard InChI is InChI=1S/C25H26OSi/c1-25(2,3)27(23-16-9-5-10-17-23,24-18-11-6-12-19-24)21-13-20-26-22-14-7-4-8-15-22/h4-12,14-19H,20H2,1-3H3. The monoisotopic (exact) mass is 370 g/mol. The van der Waals surface area contributed by atoms with E-state index in [0.717, 1.165) is 5.75 Å². The lowest BCUT2D eigenvalue weighted by Crippen LogP contribution is -2.63. The fraction of sp³-hybridized carbons (Fsp3) is 0.200. The zero-order valence-corrected chi connectivity index (χ0v) is 17.3. The second-order valence-electron chi connectivity index (χ2n) is 7.64. The highest BCUT2D eigenvalue weighted by atomic mass is 28.3. The zero-order valence-electron chi connectivity index (χ0n) is 16.3. The van der Waals surface area contributed by atoms with Crippen LogP contribution in [0.15, 0.2) is 91.0 Å². The van der Waals surface area contributed by atoms with Crippen molar-refractivity contribution in [1.82, 2.24) is 0 Å². The lowest BCUT2D eigenvalue weighted by atomic mass is 10.2. The Hall–Kier alpha value is -2.76. The zero-order chi connectivity index (χ0) is 19.2. The van der Waals surface area contributed by atoms with Gasteiger partial charge >= 0.3 is 0 Å². The van der Waals surface area contributed by atoms with E-state index in [1.54, 1.807) is 0 Å². The van der Waals surface area contributed by atoms with E-state index in [1.807, 2.05) is 30.3 Å². The quantitative estimate of drug-likeness (QED) is 0.479. The van der Waals surface area contributed by atoms with Gasteiger partial charge in [0.15, 0.2) is 0 Å². The van der Waals surface area contributed by atoms with E-state index in [4.69, 9.17) is 4.74 Å². The van der Waals surface area contributed by atoms with Crippen molar-refractivity contribution < 1.29 is 4.74 Å². The van der Waals surface area contributed by atoms with Crippen LogP contribution in [0.5, 0.6) is 5.75 Å². The van der Waals surface area contributed by atoms with E-state index in [1.165, 1.54) is 10.4 Å². The summed E-state index contributed by atoms with van der Waals surface area (Å²) in [7, 11) is -2.33. The predicted molar refractivity (Wildman–Crippen MR) is 117 cm³/mol. The van der Waals surface area contributed by atoms with Crippen molar-refractivity contribution in [1.29, 1.82) is 0 Å². The summed E-state index contributed by atoms with van der Waals surface area (Å²) in [6.45, 7) is 7.33. The number of hydrogen-bond acceptors (Lipinski definition) is 1. The molecule has 3 aromatic carbocycles. The highest BCUT2D eigenvalue weighted by molar-refractivity contribution is 7.10. The molecule has 1 nitrogen and oxygen atoms in total. The molecular formula is C25H26OSi. The summed E-state index contributed by atoms with van der Waals surface area (Å²) >= 11 is 0. The summed E-state index contributed by atoms with van der Waals surface area (Å²) in [6.07, 6.45) is 0. The first-order valence-corrected chi connectivity index (χ1v) is 11.3. The normalized spacial score (nSPS) is 11.4. The molecule has 0 atom stereocenters. The minimum absolute atomic E-state index is 0.0372. The molecule has 0 amide bonds. The average molecular weight is 371 g/mol. The number of para-hydroxylation sites is 1. The molecule has 0 aromatic heterocycles. The molecule has 2 heteroatoms. The van der Waals surface area contributed by atoms with Crippen LogP contribution < -0.4 is 15.1 Å². The van der Waals surface area contributed by atoms with Crippen molar-refractivity contribution in [3.63, 3.8) is 0 Å². The Morgan fingerprint density at radius 3 is 1.59 bits per heavy atom. The first-order valence-electron chi connectivity index (χ1n) is 9.33. The van der Waals surface area contributed by atoms with Crippen molar-refractivity contribution in [2.45, 2.75) is 25.8 Å². The molecule has 0 saturated heterocycles. The molecule has 0 unspecified atom stereocenters. The molecule has 27 heavy (non-hydrogen) atoms. The molecule has 0 heterocycles. The Labute approximate surface area is 164 Å². The van der Waals surface area contributed by atoms with Gasteiger partial charge in [-0.3, -0.25) is 0 Å². The summed E-state index contributed by atoms with van der Waals surface area (Å²) in [6, 6.07) is 31.4. The molecule has 3 aromatic rings. The van der Waals surface area contributed by atoms with Gasteiger partial charge in [0.1, 0.15) is 12.4 Å². The Kier molecular flexibility index (Phi) is 5.83. The largest absolute Gasteiger partial charge is 0.481 e. The fourth-order valence-corrected chi connectivity index (χ4v) is 8.00. The molecule has 0 spiro atoms. The molecular weight excluding hydrogens is 344 g/mol.